The summed E-state index contributed by atoms with van der Waals surface area (Å²) in [7, 11) is 0. The van der Waals surface area contributed by atoms with E-state index in [2.05, 4.69) is 6.92 Å². The topological polar surface area (TPSA) is 66.8 Å². The molecule has 2 atom stereocenters. The Labute approximate surface area is 149 Å². The summed E-state index contributed by atoms with van der Waals surface area (Å²) in [6.07, 6.45) is 13.9. The molecular formula is C20H40O4. The first-order valence-electron chi connectivity index (χ1n) is 10.1. The van der Waals surface area contributed by atoms with Crippen molar-refractivity contribution in [3.05, 3.63) is 0 Å². The molecule has 0 aliphatic heterocycles. The maximum atomic E-state index is 11.5. The second-order valence-corrected chi connectivity index (χ2v) is 6.87. The Morgan fingerprint density at radius 3 is 1.96 bits per heavy atom. The third kappa shape index (κ3) is 14.9. The van der Waals surface area contributed by atoms with Gasteiger partial charge in [-0.15, -0.1) is 0 Å². The average molecular weight is 345 g/mol. The minimum atomic E-state index is -0.342. The molecule has 0 radical (unpaired) electrons. The SMILES string of the molecule is CCCCCCC(O)CCCCCCCCC(=O)OC(CC)CO. The fourth-order valence-corrected chi connectivity index (χ4v) is 2.80. The van der Waals surface area contributed by atoms with Crippen LogP contribution in [0, 0.1) is 0 Å². The Balaban J connectivity index is 3.34. The first kappa shape index (κ1) is 23.4. The van der Waals surface area contributed by atoms with E-state index in [1.807, 2.05) is 6.92 Å². The van der Waals surface area contributed by atoms with Gasteiger partial charge in [-0.25, -0.2) is 0 Å². The van der Waals surface area contributed by atoms with Crippen LogP contribution in [0.2, 0.25) is 0 Å². The van der Waals surface area contributed by atoms with Crippen molar-refractivity contribution in [3.8, 4) is 0 Å². The van der Waals surface area contributed by atoms with Crippen molar-refractivity contribution in [2.45, 2.75) is 116 Å². The Bertz CT molecular complexity index is 277. The second-order valence-electron chi connectivity index (χ2n) is 6.87. The van der Waals surface area contributed by atoms with Gasteiger partial charge in [-0.1, -0.05) is 71.6 Å². The number of hydrogen-bond acceptors (Lipinski definition) is 4. The van der Waals surface area contributed by atoms with Crippen LogP contribution in [0.5, 0.6) is 0 Å². The highest BCUT2D eigenvalue weighted by Crippen LogP contribution is 2.14. The van der Waals surface area contributed by atoms with Crippen LogP contribution in [0.3, 0.4) is 0 Å². The zero-order valence-corrected chi connectivity index (χ0v) is 16.0. The molecule has 144 valence electrons. The van der Waals surface area contributed by atoms with Gasteiger partial charge in [0.25, 0.3) is 0 Å². The lowest BCUT2D eigenvalue weighted by Gasteiger charge is -2.13. The van der Waals surface area contributed by atoms with Crippen LogP contribution >= 0.6 is 0 Å². The largest absolute Gasteiger partial charge is 0.460 e. The van der Waals surface area contributed by atoms with Gasteiger partial charge < -0.3 is 14.9 Å². The van der Waals surface area contributed by atoms with Gasteiger partial charge in [0.15, 0.2) is 0 Å². The van der Waals surface area contributed by atoms with Crippen molar-refractivity contribution in [2.75, 3.05) is 6.61 Å². The van der Waals surface area contributed by atoms with Crippen LogP contribution < -0.4 is 0 Å². The number of esters is 1. The van der Waals surface area contributed by atoms with Gasteiger partial charge in [0.1, 0.15) is 6.10 Å². The molecule has 0 aromatic heterocycles. The third-order valence-electron chi connectivity index (χ3n) is 4.52. The molecule has 4 heteroatoms. The molecule has 0 amide bonds. The van der Waals surface area contributed by atoms with Crippen LogP contribution in [-0.2, 0) is 9.53 Å². The number of aliphatic hydroxyl groups excluding tert-OH is 2. The fraction of sp³-hybridized carbons (Fsp3) is 0.950. The molecule has 2 unspecified atom stereocenters. The predicted molar refractivity (Wildman–Crippen MR) is 99.0 cm³/mol. The van der Waals surface area contributed by atoms with Crippen molar-refractivity contribution in [2.24, 2.45) is 0 Å². The fourth-order valence-electron chi connectivity index (χ4n) is 2.80. The second kappa shape index (κ2) is 17.2. The number of rotatable bonds is 17. The van der Waals surface area contributed by atoms with Gasteiger partial charge in [-0.2, -0.15) is 0 Å². The molecule has 0 fully saturated rings. The zero-order chi connectivity index (χ0) is 18.0. The molecule has 0 heterocycles. The van der Waals surface area contributed by atoms with Crippen molar-refractivity contribution in [3.63, 3.8) is 0 Å². The molecule has 0 rings (SSSR count). The van der Waals surface area contributed by atoms with E-state index in [1.165, 1.54) is 32.1 Å². The lowest BCUT2D eigenvalue weighted by atomic mass is 10.0. The van der Waals surface area contributed by atoms with Crippen molar-refractivity contribution >= 4 is 5.97 Å². The molecule has 0 aliphatic rings. The molecule has 0 aliphatic carbocycles. The maximum Gasteiger partial charge on any atom is 0.306 e. The van der Waals surface area contributed by atoms with E-state index in [-0.39, 0.29) is 24.8 Å². The van der Waals surface area contributed by atoms with Gasteiger partial charge >= 0.3 is 5.97 Å². The van der Waals surface area contributed by atoms with E-state index < -0.39 is 0 Å². The summed E-state index contributed by atoms with van der Waals surface area (Å²) < 4.78 is 5.15. The van der Waals surface area contributed by atoms with Gasteiger partial charge in [0, 0.05) is 6.42 Å². The third-order valence-corrected chi connectivity index (χ3v) is 4.52. The Kier molecular flexibility index (Phi) is 16.8. The lowest BCUT2D eigenvalue weighted by molar-refractivity contribution is -0.151. The van der Waals surface area contributed by atoms with Gasteiger partial charge in [0.05, 0.1) is 12.7 Å². The normalized spacial score (nSPS) is 13.7. The standard InChI is InChI=1S/C20H40O4/c1-3-5-6-11-14-18(22)15-12-9-7-8-10-13-16-20(23)24-19(4-2)17-21/h18-19,21-22H,3-17H2,1-2H3. The van der Waals surface area contributed by atoms with E-state index in [0.29, 0.717) is 12.8 Å². The summed E-state index contributed by atoms with van der Waals surface area (Å²) in [5, 5.41) is 18.9. The van der Waals surface area contributed by atoms with Gasteiger partial charge in [-0.05, 0) is 25.7 Å². The van der Waals surface area contributed by atoms with Crippen molar-refractivity contribution in [1.82, 2.24) is 0 Å². The summed E-state index contributed by atoms with van der Waals surface area (Å²) >= 11 is 0. The minimum Gasteiger partial charge on any atom is -0.460 e. The van der Waals surface area contributed by atoms with E-state index in [1.54, 1.807) is 0 Å². The minimum absolute atomic E-state index is 0.0906. The molecule has 24 heavy (non-hydrogen) atoms. The van der Waals surface area contributed by atoms with Gasteiger partial charge in [-0.3, -0.25) is 4.79 Å². The molecule has 4 nitrogen and oxygen atoms in total. The summed E-state index contributed by atoms with van der Waals surface area (Å²) in [6.45, 7) is 4.01. The number of carbonyl (C=O) groups is 1. The Morgan fingerprint density at radius 1 is 0.875 bits per heavy atom. The van der Waals surface area contributed by atoms with Crippen LogP contribution in [0.25, 0.3) is 0 Å². The first-order chi connectivity index (χ1) is 11.6. The molecule has 0 aromatic carbocycles. The summed E-state index contributed by atoms with van der Waals surface area (Å²) in [4.78, 5) is 11.5. The number of carbonyl (C=O) groups excluding carboxylic acids is 1. The van der Waals surface area contributed by atoms with E-state index in [9.17, 15) is 9.90 Å². The van der Waals surface area contributed by atoms with Crippen LogP contribution in [-0.4, -0.2) is 35.0 Å². The summed E-state index contributed by atoms with van der Waals surface area (Å²) in [5.74, 6) is -0.193. The number of hydrogen-bond donors (Lipinski definition) is 2. The molecule has 0 bridgehead atoms. The zero-order valence-electron chi connectivity index (χ0n) is 16.0. The van der Waals surface area contributed by atoms with E-state index >= 15 is 0 Å². The quantitative estimate of drug-likeness (QED) is 0.295. The first-order valence-corrected chi connectivity index (χ1v) is 10.1. The number of ether oxygens (including phenoxy) is 1. The van der Waals surface area contributed by atoms with Gasteiger partial charge in [0.2, 0.25) is 0 Å². The smallest absolute Gasteiger partial charge is 0.306 e. The van der Waals surface area contributed by atoms with Crippen molar-refractivity contribution < 1.29 is 19.7 Å². The monoisotopic (exact) mass is 344 g/mol. The highest BCUT2D eigenvalue weighted by molar-refractivity contribution is 5.69. The van der Waals surface area contributed by atoms with E-state index in [4.69, 9.17) is 9.84 Å². The Hall–Kier alpha value is -0.610. The highest BCUT2D eigenvalue weighted by atomic mass is 16.5. The van der Waals surface area contributed by atoms with Crippen LogP contribution in [0.15, 0.2) is 0 Å². The predicted octanol–water partition coefficient (Wildman–Crippen LogP) is 4.75. The summed E-state index contributed by atoms with van der Waals surface area (Å²) in [6, 6.07) is 0. The number of unbranched alkanes of at least 4 members (excludes halogenated alkanes) is 8. The number of aliphatic hydroxyl groups is 2. The van der Waals surface area contributed by atoms with E-state index in [0.717, 1.165) is 44.9 Å². The molecule has 0 aromatic rings. The maximum absolute atomic E-state index is 11.5. The molecule has 0 saturated carbocycles. The van der Waals surface area contributed by atoms with Crippen LogP contribution in [0.1, 0.15) is 104 Å². The molecule has 2 N–H and O–H groups in total. The summed E-state index contributed by atoms with van der Waals surface area (Å²) in [5.41, 5.74) is 0. The van der Waals surface area contributed by atoms with Crippen LogP contribution in [0.4, 0.5) is 0 Å². The lowest BCUT2D eigenvalue weighted by Crippen LogP contribution is -2.20. The molecule has 0 saturated heterocycles. The highest BCUT2D eigenvalue weighted by Gasteiger charge is 2.10. The van der Waals surface area contributed by atoms with Crippen molar-refractivity contribution in [1.29, 1.82) is 0 Å². The average Bonchev–Trinajstić information content (AvgIpc) is 2.58. The Morgan fingerprint density at radius 2 is 1.42 bits per heavy atom. The molecular weight excluding hydrogens is 304 g/mol. The molecule has 0 spiro atoms.